The zero-order valence-electron chi connectivity index (χ0n) is 15.5. The first-order chi connectivity index (χ1) is 13.3. The number of nitrogens with one attached hydrogen (secondary N) is 1. The molecule has 0 amide bonds. The van der Waals surface area contributed by atoms with E-state index in [0.29, 0.717) is 0 Å². The molecule has 0 bridgehead atoms. The van der Waals surface area contributed by atoms with E-state index in [2.05, 4.69) is 114 Å². The topological polar surface area (TPSA) is 19.7 Å². The molecule has 0 aliphatic heterocycles. The minimum Gasteiger partial charge on any atom is -0.358 e. The quantitative estimate of drug-likeness (QED) is 0.385. The van der Waals surface area contributed by atoms with Crippen LogP contribution >= 0.6 is 0 Å². The molecule has 3 aromatic carbocycles. The third kappa shape index (κ3) is 3.75. The smallest absolute Gasteiger partial charge is 0.218 e. The molecule has 2 heteroatoms. The van der Waals surface area contributed by atoms with Crippen molar-refractivity contribution in [3.8, 4) is 5.69 Å². The number of nitrogens with zero attached hydrogens (tertiary/aromatic N) is 1. The van der Waals surface area contributed by atoms with Crippen molar-refractivity contribution in [3.05, 3.63) is 109 Å². The molecule has 2 nitrogen and oxygen atoms in total. The molecule has 0 fully saturated rings. The Labute approximate surface area is 159 Å². The van der Waals surface area contributed by atoms with Gasteiger partial charge in [0.1, 0.15) is 0 Å². The summed E-state index contributed by atoms with van der Waals surface area (Å²) in [7, 11) is 0. The van der Waals surface area contributed by atoms with Crippen LogP contribution in [-0.4, -0.2) is 4.98 Å². The lowest BCUT2D eigenvalue weighted by Gasteiger charge is -1.99. The number of pyridine rings is 1. The summed E-state index contributed by atoms with van der Waals surface area (Å²) in [6.45, 7) is 2.16. The van der Waals surface area contributed by atoms with Crippen LogP contribution in [0.1, 0.15) is 12.6 Å². The minimum absolute atomic E-state index is 1.08. The van der Waals surface area contributed by atoms with Gasteiger partial charge in [0.25, 0.3) is 0 Å². The van der Waals surface area contributed by atoms with Gasteiger partial charge in [-0.05, 0) is 36.1 Å². The molecule has 5 rings (SSSR count). The molecule has 2 aromatic heterocycles. The van der Waals surface area contributed by atoms with Gasteiger partial charge in [0, 0.05) is 40.9 Å². The summed E-state index contributed by atoms with van der Waals surface area (Å²) in [5, 5.41) is 2.57. The van der Waals surface area contributed by atoms with Crippen molar-refractivity contribution in [3.63, 3.8) is 0 Å². The molecule has 0 saturated heterocycles. The fourth-order valence-corrected chi connectivity index (χ4v) is 3.30. The number of fused-ring (bicyclic) bond motifs is 2. The van der Waals surface area contributed by atoms with Gasteiger partial charge in [-0.15, -0.1) is 0 Å². The Morgan fingerprint density at radius 3 is 2.15 bits per heavy atom. The number of aromatic amines is 1. The first kappa shape index (κ1) is 17.0. The maximum Gasteiger partial charge on any atom is 0.218 e. The molecule has 0 atom stereocenters. The van der Waals surface area contributed by atoms with E-state index in [1.54, 1.807) is 0 Å². The van der Waals surface area contributed by atoms with E-state index in [1.807, 2.05) is 6.07 Å². The summed E-state index contributed by atoms with van der Waals surface area (Å²) >= 11 is 0. The summed E-state index contributed by atoms with van der Waals surface area (Å²) in [5.74, 6) is 0. The van der Waals surface area contributed by atoms with E-state index < -0.39 is 0 Å². The number of aromatic nitrogens is 2. The number of hydrogen-bond donors (Lipinski definition) is 1. The van der Waals surface area contributed by atoms with Crippen molar-refractivity contribution >= 4 is 21.8 Å². The van der Waals surface area contributed by atoms with Crippen LogP contribution in [0.2, 0.25) is 0 Å². The van der Waals surface area contributed by atoms with Gasteiger partial charge < -0.3 is 4.98 Å². The normalized spacial score (nSPS) is 10.6. The third-order valence-electron chi connectivity index (χ3n) is 4.71. The zero-order valence-corrected chi connectivity index (χ0v) is 15.5. The van der Waals surface area contributed by atoms with Crippen molar-refractivity contribution in [2.75, 3.05) is 0 Å². The van der Waals surface area contributed by atoms with E-state index in [-0.39, 0.29) is 0 Å². The fraction of sp³-hybridized carbons (Fsp3) is 0.0800. The van der Waals surface area contributed by atoms with Gasteiger partial charge in [-0.25, -0.2) is 0 Å². The summed E-state index contributed by atoms with van der Waals surface area (Å²) in [6.07, 6.45) is 3.17. The van der Waals surface area contributed by atoms with Crippen LogP contribution in [0, 0.1) is 0 Å². The number of aryl methyl sites for hydroxylation is 1. The highest BCUT2D eigenvalue weighted by atomic mass is 15.0. The Hall–Kier alpha value is -3.39. The van der Waals surface area contributed by atoms with Gasteiger partial charge in [0.15, 0.2) is 6.20 Å². The van der Waals surface area contributed by atoms with E-state index >= 15 is 0 Å². The van der Waals surface area contributed by atoms with Crippen LogP contribution in [0.25, 0.3) is 27.5 Å². The van der Waals surface area contributed by atoms with E-state index in [0.717, 1.165) is 6.42 Å². The summed E-state index contributed by atoms with van der Waals surface area (Å²) < 4.78 is 2.20. The lowest BCUT2D eigenvalue weighted by Crippen LogP contribution is -2.30. The molecule has 0 aliphatic rings. The van der Waals surface area contributed by atoms with Crippen LogP contribution in [0.4, 0.5) is 0 Å². The molecule has 0 spiro atoms. The third-order valence-corrected chi connectivity index (χ3v) is 4.71. The molecular formula is C25H23N2+. The Morgan fingerprint density at radius 2 is 1.37 bits per heavy atom. The Bertz CT molecular complexity index is 1120. The van der Waals surface area contributed by atoms with E-state index in [4.69, 9.17) is 0 Å². The standard InChI is InChI=1S/C15H12N.C10H11N/c1-2-9-14(10-3-1)16-12-6-8-13-7-4-5-11-15(13)16;1-2-9-7-8-5-3-4-6-10(8)11-9/h1-12H;3-7,11H,2H2,1H3/q+1;. The molecule has 0 aliphatic carbocycles. The average Bonchev–Trinajstić information content (AvgIpc) is 3.18. The molecule has 0 radical (unpaired) electrons. The molecule has 27 heavy (non-hydrogen) atoms. The van der Waals surface area contributed by atoms with Gasteiger partial charge in [-0.3, -0.25) is 0 Å². The SMILES string of the molecule is CCc1cc2ccccc2[nH]1.c1ccc(-[n+]2cccc3ccccc32)cc1. The molecule has 1 N–H and O–H groups in total. The van der Waals surface area contributed by atoms with E-state index in [9.17, 15) is 0 Å². The number of para-hydroxylation sites is 3. The first-order valence-corrected chi connectivity index (χ1v) is 9.36. The molecule has 5 aromatic rings. The Morgan fingerprint density at radius 1 is 0.704 bits per heavy atom. The molecule has 0 saturated carbocycles. The number of hydrogen-bond acceptors (Lipinski definition) is 0. The van der Waals surface area contributed by atoms with Gasteiger partial charge in [-0.1, -0.05) is 55.5 Å². The summed E-state index contributed by atoms with van der Waals surface area (Å²) in [5.41, 5.74) is 4.98. The number of benzene rings is 3. The van der Waals surface area contributed by atoms with Crippen LogP contribution < -0.4 is 4.57 Å². The zero-order chi connectivity index (χ0) is 18.5. The maximum absolute atomic E-state index is 3.35. The highest BCUT2D eigenvalue weighted by Gasteiger charge is 2.09. The lowest BCUT2D eigenvalue weighted by molar-refractivity contribution is -0.567. The van der Waals surface area contributed by atoms with Crippen molar-refractivity contribution in [1.82, 2.24) is 4.98 Å². The predicted molar refractivity (Wildman–Crippen MR) is 113 cm³/mol. The molecular weight excluding hydrogens is 328 g/mol. The molecule has 2 heterocycles. The summed E-state index contributed by atoms with van der Waals surface area (Å²) in [4.78, 5) is 3.35. The minimum atomic E-state index is 1.08. The number of rotatable bonds is 2. The van der Waals surface area contributed by atoms with Crippen molar-refractivity contribution in [2.24, 2.45) is 0 Å². The predicted octanol–water partition coefficient (Wildman–Crippen LogP) is 5.85. The Balaban J connectivity index is 0.000000143. The van der Waals surface area contributed by atoms with Gasteiger partial charge in [0.05, 0.1) is 0 Å². The van der Waals surface area contributed by atoms with Gasteiger partial charge in [-0.2, -0.15) is 4.57 Å². The van der Waals surface area contributed by atoms with Crippen LogP contribution in [0.5, 0.6) is 0 Å². The van der Waals surface area contributed by atoms with Crippen molar-refractivity contribution in [2.45, 2.75) is 13.3 Å². The van der Waals surface area contributed by atoms with Crippen LogP contribution in [-0.2, 0) is 6.42 Å². The molecule has 0 unspecified atom stereocenters. The monoisotopic (exact) mass is 351 g/mol. The van der Waals surface area contributed by atoms with Crippen LogP contribution in [0.3, 0.4) is 0 Å². The first-order valence-electron chi connectivity index (χ1n) is 9.36. The van der Waals surface area contributed by atoms with Gasteiger partial charge >= 0.3 is 0 Å². The maximum atomic E-state index is 3.35. The second kappa shape index (κ2) is 7.88. The lowest BCUT2D eigenvalue weighted by atomic mass is 10.2. The summed E-state index contributed by atoms with van der Waals surface area (Å²) in [6, 6.07) is 33.6. The van der Waals surface area contributed by atoms with Crippen molar-refractivity contribution < 1.29 is 4.57 Å². The highest BCUT2D eigenvalue weighted by Crippen LogP contribution is 2.14. The van der Waals surface area contributed by atoms with E-state index in [1.165, 1.54) is 33.2 Å². The fourth-order valence-electron chi connectivity index (χ4n) is 3.30. The largest absolute Gasteiger partial charge is 0.358 e. The second-order valence-corrected chi connectivity index (χ2v) is 6.51. The highest BCUT2D eigenvalue weighted by molar-refractivity contribution is 5.80. The second-order valence-electron chi connectivity index (χ2n) is 6.51. The Kier molecular flexibility index (Phi) is 4.97. The van der Waals surface area contributed by atoms with Crippen molar-refractivity contribution in [1.29, 1.82) is 0 Å². The van der Waals surface area contributed by atoms with Gasteiger partial charge in [0.2, 0.25) is 11.2 Å². The number of H-pyrrole nitrogens is 1. The van der Waals surface area contributed by atoms with Crippen LogP contribution in [0.15, 0.2) is 103 Å². The molecule has 132 valence electrons. The average molecular weight is 351 g/mol.